The fourth-order valence-electron chi connectivity index (χ4n) is 2.78. The van der Waals surface area contributed by atoms with Gasteiger partial charge in [0.2, 0.25) is 5.90 Å². The molecule has 0 fully saturated rings. The van der Waals surface area contributed by atoms with Gasteiger partial charge in [-0.05, 0) is 31.2 Å². The van der Waals surface area contributed by atoms with Crippen molar-refractivity contribution in [3.63, 3.8) is 0 Å². The number of nitro groups is 1. The number of hydrogen-bond acceptors (Lipinski definition) is 7. The number of cyclic esters (lactones) is 1. The largest absolute Gasteiger partial charge is 0.493 e. The van der Waals surface area contributed by atoms with Crippen LogP contribution < -0.4 is 9.47 Å². The van der Waals surface area contributed by atoms with Gasteiger partial charge in [0.15, 0.2) is 17.2 Å². The minimum absolute atomic E-state index is 0.0187. The van der Waals surface area contributed by atoms with Crippen molar-refractivity contribution in [2.45, 2.75) is 6.92 Å². The van der Waals surface area contributed by atoms with E-state index < -0.39 is 10.9 Å². The number of hydrogen-bond donors (Lipinski definition) is 0. The maximum atomic E-state index is 12.3. The number of ether oxygens (including phenoxy) is 3. The average molecular weight is 394 g/mol. The van der Waals surface area contributed by atoms with E-state index in [1.807, 2.05) is 0 Å². The minimum Gasteiger partial charge on any atom is -0.493 e. The van der Waals surface area contributed by atoms with Crippen molar-refractivity contribution in [1.82, 2.24) is 0 Å². The molecule has 0 saturated carbocycles. The van der Waals surface area contributed by atoms with Gasteiger partial charge in [-0.2, -0.15) is 0 Å². The van der Waals surface area contributed by atoms with Gasteiger partial charge >= 0.3 is 5.97 Å². The van der Waals surface area contributed by atoms with Gasteiger partial charge in [-0.15, -0.1) is 0 Å². The molecule has 1 aliphatic heterocycles. The van der Waals surface area contributed by atoms with E-state index in [0.717, 1.165) is 0 Å². The molecular weight excluding hydrogens is 376 g/mol. The second-order valence-corrected chi connectivity index (χ2v) is 6.07. The van der Waals surface area contributed by atoms with Crippen LogP contribution in [0, 0.1) is 17.0 Å². The summed E-state index contributed by atoms with van der Waals surface area (Å²) in [6, 6.07) is 9.65. The zero-order chi connectivity index (χ0) is 21.0. The van der Waals surface area contributed by atoms with Gasteiger partial charge in [0.05, 0.1) is 12.0 Å². The fourth-order valence-corrected chi connectivity index (χ4v) is 2.78. The highest BCUT2D eigenvalue weighted by atomic mass is 16.6. The molecule has 0 spiro atoms. The number of aryl methyl sites for hydroxylation is 1. The summed E-state index contributed by atoms with van der Waals surface area (Å²) in [5.74, 6) is 0.400. The molecule has 0 amide bonds. The molecule has 0 aliphatic carbocycles. The van der Waals surface area contributed by atoms with Crippen LogP contribution in [-0.4, -0.2) is 30.5 Å². The summed E-state index contributed by atoms with van der Waals surface area (Å²) >= 11 is 0. The molecule has 0 atom stereocenters. The second kappa shape index (κ2) is 8.39. The summed E-state index contributed by atoms with van der Waals surface area (Å²) in [7, 11) is 1.52. The molecule has 0 bridgehead atoms. The van der Waals surface area contributed by atoms with E-state index in [-0.39, 0.29) is 23.9 Å². The highest BCUT2D eigenvalue weighted by Gasteiger charge is 2.26. The lowest BCUT2D eigenvalue weighted by atomic mass is 10.1. The van der Waals surface area contributed by atoms with Crippen molar-refractivity contribution >= 4 is 23.6 Å². The molecule has 1 aliphatic rings. The molecule has 0 aromatic heterocycles. The lowest BCUT2D eigenvalue weighted by molar-refractivity contribution is -0.385. The van der Waals surface area contributed by atoms with Gasteiger partial charge in [0.1, 0.15) is 6.61 Å². The molecule has 0 N–H and O–H groups in total. The number of para-hydroxylation sites is 1. The van der Waals surface area contributed by atoms with E-state index in [1.165, 1.54) is 25.3 Å². The van der Waals surface area contributed by atoms with Crippen molar-refractivity contribution in [3.05, 3.63) is 81.6 Å². The summed E-state index contributed by atoms with van der Waals surface area (Å²) in [6.45, 7) is 5.49. The van der Waals surface area contributed by atoms with Crippen molar-refractivity contribution in [1.29, 1.82) is 0 Å². The van der Waals surface area contributed by atoms with E-state index in [1.54, 1.807) is 37.3 Å². The third kappa shape index (κ3) is 4.16. The van der Waals surface area contributed by atoms with Crippen molar-refractivity contribution in [3.8, 4) is 11.5 Å². The Morgan fingerprint density at radius 2 is 2.10 bits per heavy atom. The molecule has 2 aromatic carbocycles. The normalized spacial score (nSPS) is 14.3. The van der Waals surface area contributed by atoms with Crippen LogP contribution in [0.2, 0.25) is 0 Å². The van der Waals surface area contributed by atoms with Gasteiger partial charge in [0.25, 0.3) is 5.69 Å². The monoisotopic (exact) mass is 394 g/mol. The molecule has 3 rings (SSSR count). The Morgan fingerprint density at radius 3 is 2.76 bits per heavy atom. The van der Waals surface area contributed by atoms with Gasteiger partial charge in [-0.1, -0.05) is 24.8 Å². The highest BCUT2D eigenvalue weighted by Crippen LogP contribution is 2.33. The van der Waals surface area contributed by atoms with Gasteiger partial charge in [-0.25, -0.2) is 9.79 Å². The van der Waals surface area contributed by atoms with Crippen LogP contribution in [0.25, 0.3) is 6.08 Å². The number of nitro benzene ring substituents is 1. The Morgan fingerprint density at radius 1 is 1.31 bits per heavy atom. The topological polar surface area (TPSA) is 100 Å². The van der Waals surface area contributed by atoms with Crippen molar-refractivity contribution < 1.29 is 23.9 Å². The molecule has 0 unspecified atom stereocenters. The van der Waals surface area contributed by atoms with Crippen LogP contribution in [0.3, 0.4) is 0 Å². The first-order chi connectivity index (χ1) is 13.9. The Balaban J connectivity index is 1.98. The number of methoxy groups -OCH3 is 1. The van der Waals surface area contributed by atoms with Gasteiger partial charge < -0.3 is 14.2 Å². The van der Waals surface area contributed by atoms with E-state index in [2.05, 4.69) is 11.6 Å². The molecule has 8 nitrogen and oxygen atoms in total. The molecule has 2 aromatic rings. The number of rotatable bonds is 7. The van der Waals surface area contributed by atoms with Crippen LogP contribution in [0.1, 0.15) is 16.7 Å². The quantitative estimate of drug-likeness (QED) is 0.233. The number of nitrogens with zero attached hydrogens (tertiary/aromatic N) is 2. The first kappa shape index (κ1) is 19.8. The Bertz CT molecular complexity index is 1060. The number of aliphatic imine (C=N–C) groups is 1. The van der Waals surface area contributed by atoms with E-state index in [9.17, 15) is 14.9 Å². The SMILES string of the molecule is C=CCOc1c(/C=C2\N=C(c3ccc([N+](=O)[O-])c(C)c3)OC2=O)cccc1OC. The highest BCUT2D eigenvalue weighted by molar-refractivity contribution is 6.13. The molecule has 8 heteroatoms. The van der Waals surface area contributed by atoms with Crippen molar-refractivity contribution in [2.24, 2.45) is 4.99 Å². The van der Waals surface area contributed by atoms with Gasteiger partial charge in [0, 0.05) is 22.8 Å². The lowest BCUT2D eigenvalue weighted by Gasteiger charge is -2.12. The molecule has 148 valence electrons. The standard InChI is InChI=1S/C21H18N2O6/c1-4-10-28-19-14(6-5-7-18(19)27-3)12-16-21(24)29-20(22-16)15-8-9-17(23(25)26)13(2)11-15/h4-9,11-12H,1,10H2,2-3H3/b16-12-. The molecule has 0 radical (unpaired) electrons. The van der Waals surface area contributed by atoms with E-state index in [4.69, 9.17) is 14.2 Å². The number of benzene rings is 2. The summed E-state index contributed by atoms with van der Waals surface area (Å²) in [4.78, 5) is 27.0. The molecule has 0 saturated heterocycles. The first-order valence-electron chi connectivity index (χ1n) is 8.63. The zero-order valence-corrected chi connectivity index (χ0v) is 15.9. The Kier molecular flexibility index (Phi) is 5.73. The maximum Gasteiger partial charge on any atom is 0.363 e. The second-order valence-electron chi connectivity index (χ2n) is 6.07. The predicted octanol–water partition coefficient (Wildman–Crippen LogP) is 3.82. The first-order valence-corrected chi connectivity index (χ1v) is 8.63. The average Bonchev–Trinajstić information content (AvgIpc) is 3.06. The van der Waals surface area contributed by atoms with Gasteiger partial charge in [-0.3, -0.25) is 10.1 Å². The number of esters is 1. The third-order valence-electron chi connectivity index (χ3n) is 4.13. The van der Waals surface area contributed by atoms with Crippen LogP contribution in [0.5, 0.6) is 11.5 Å². The Hall–Kier alpha value is -3.94. The number of carbonyl (C=O) groups is 1. The van der Waals surface area contributed by atoms with Crippen molar-refractivity contribution in [2.75, 3.05) is 13.7 Å². The summed E-state index contributed by atoms with van der Waals surface area (Å²) in [6.07, 6.45) is 3.13. The van der Waals surface area contributed by atoms with Crippen LogP contribution in [-0.2, 0) is 9.53 Å². The van der Waals surface area contributed by atoms with E-state index >= 15 is 0 Å². The molecule has 1 heterocycles. The fraction of sp³-hybridized carbons (Fsp3) is 0.143. The van der Waals surface area contributed by atoms with Crippen LogP contribution in [0.4, 0.5) is 5.69 Å². The summed E-state index contributed by atoms with van der Waals surface area (Å²) in [5, 5.41) is 11.0. The summed E-state index contributed by atoms with van der Waals surface area (Å²) in [5.41, 5.74) is 1.56. The van der Waals surface area contributed by atoms with Crippen LogP contribution in [0.15, 0.2) is 59.7 Å². The molecular formula is C21H18N2O6. The third-order valence-corrected chi connectivity index (χ3v) is 4.13. The zero-order valence-electron chi connectivity index (χ0n) is 15.9. The smallest absolute Gasteiger partial charge is 0.363 e. The van der Waals surface area contributed by atoms with Crippen LogP contribution >= 0.6 is 0 Å². The molecule has 29 heavy (non-hydrogen) atoms. The summed E-state index contributed by atoms with van der Waals surface area (Å²) < 4.78 is 16.2. The van der Waals surface area contributed by atoms with E-state index in [0.29, 0.717) is 28.2 Å². The maximum absolute atomic E-state index is 12.3. The Labute approximate surface area is 166 Å². The minimum atomic E-state index is -0.631. The number of carbonyl (C=O) groups excluding carboxylic acids is 1. The lowest BCUT2D eigenvalue weighted by Crippen LogP contribution is -2.06. The predicted molar refractivity (Wildman–Crippen MR) is 107 cm³/mol.